The minimum absolute atomic E-state index is 0.0583. The molecule has 0 radical (unpaired) electrons. The van der Waals surface area contributed by atoms with E-state index >= 15 is 0 Å². The smallest absolute Gasteiger partial charge is 0.273 e. The van der Waals surface area contributed by atoms with E-state index in [1.165, 1.54) is 12.1 Å². The molecule has 21 heavy (non-hydrogen) atoms. The average molecular weight is 313 g/mol. The van der Waals surface area contributed by atoms with Crippen molar-refractivity contribution in [2.75, 3.05) is 13.1 Å². The molecule has 2 N–H and O–H groups in total. The number of benzene rings is 1. The zero-order chi connectivity index (χ0) is 15.5. The van der Waals surface area contributed by atoms with Crippen molar-refractivity contribution in [3.8, 4) is 0 Å². The summed E-state index contributed by atoms with van der Waals surface area (Å²) in [5.74, 6) is 0. The molecule has 1 heterocycles. The first kappa shape index (κ1) is 15.9. The van der Waals surface area contributed by atoms with Gasteiger partial charge in [-0.05, 0) is 45.3 Å². The summed E-state index contributed by atoms with van der Waals surface area (Å²) >= 11 is 0. The molecule has 1 atom stereocenters. The van der Waals surface area contributed by atoms with Crippen LogP contribution in [0.4, 0.5) is 5.69 Å². The Morgan fingerprint density at radius 3 is 2.81 bits per heavy atom. The zero-order valence-electron chi connectivity index (χ0n) is 11.8. The Bertz CT molecular complexity index is 622. The maximum atomic E-state index is 12.3. The van der Waals surface area contributed by atoms with E-state index in [0.29, 0.717) is 12.0 Å². The SMILES string of the molecule is Cc1ccc(S(=O)(=O)NC2CCCNCC2)cc1[N+](=O)[O-]. The number of hydrogen-bond donors (Lipinski definition) is 2. The van der Waals surface area contributed by atoms with Gasteiger partial charge in [-0.1, -0.05) is 6.07 Å². The van der Waals surface area contributed by atoms with Crippen LogP contribution in [0.3, 0.4) is 0 Å². The van der Waals surface area contributed by atoms with E-state index in [-0.39, 0.29) is 16.6 Å². The molecular weight excluding hydrogens is 294 g/mol. The molecule has 1 fully saturated rings. The standard InChI is InChI=1S/C13H19N3O4S/c1-10-4-5-12(9-13(10)16(17)18)21(19,20)15-11-3-2-7-14-8-6-11/h4-5,9,11,14-15H,2-3,6-8H2,1H3. The van der Waals surface area contributed by atoms with Gasteiger partial charge in [0.25, 0.3) is 5.69 Å². The van der Waals surface area contributed by atoms with Crippen molar-refractivity contribution < 1.29 is 13.3 Å². The topological polar surface area (TPSA) is 101 Å². The van der Waals surface area contributed by atoms with Crippen LogP contribution in [0.1, 0.15) is 24.8 Å². The molecular formula is C13H19N3O4S. The third kappa shape index (κ3) is 3.99. The van der Waals surface area contributed by atoms with E-state index in [9.17, 15) is 18.5 Å². The van der Waals surface area contributed by atoms with Gasteiger partial charge >= 0.3 is 0 Å². The van der Waals surface area contributed by atoms with Gasteiger partial charge in [-0.2, -0.15) is 0 Å². The second-order valence-corrected chi connectivity index (χ2v) is 6.92. The zero-order valence-corrected chi connectivity index (χ0v) is 12.6. The molecule has 1 aromatic rings. The lowest BCUT2D eigenvalue weighted by Crippen LogP contribution is -2.35. The molecule has 7 nitrogen and oxygen atoms in total. The molecule has 1 aliphatic rings. The van der Waals surface area contributed by atoms with Crippen molar-refractivity contribution in [1.82, 2.24) is 10.0 Å². The Labute approximate surface area is 123 Å². The highest BCUT2D eigenvalue weighted by atomic mass is 32.2. The summed E-state index contributed by atoms with van der Waals surface area (Å²) in [5.41, 5.74) is 0.262. The van der Waals surface area contributed by atoms with Gasteiger partial charge in [0.15, 0.2) is 0 Å². The second-order valence-electron chi connectivity index (χ2n) is 5.20. The van der Waals surface area contributed by atoms with E-state index in [2.05, 4.69) is 10.0 Å². The summed E-state index contributed by atoms with van der Waals surface area (Å²) in [6.45, 7) is 3.23. The predicted octanol–water partition coefficient (Wildman–Crippen LogP) is 1.32. The first-order valence-electron chi connectivity index (χ1n) is 6.88. The predicted molar refractivity (Wildman–Crippen MR) is 78.7 cm³/mol. The normalized spacial score (nSPS) is 20.0. The van der Waals surface area contributed by atoms with Crippen LogP contribution in [-0.4, -0.2) is 32.5 Å². The van der Waals surface area contributed by atoms with E-state index < -0.39 is 14.9 Å². The molecule has 1 saturated heterocycles. The third-order valence-corrected chi connectivity index (χ3v) is 5.10. The van der Waals surface area contributed by atoms with Crippen molar-refractivity contribution in [3.05, 3.63) is 33.9 Å². The number of sulfonamides is 1. The highest BCUT2D eigenvalue weighted by Crippen LogP contribution is 2.22. The van der Waals surface area contributed by atoms with Gasteiger partial charge in [0.2, 0.25) is 10.0 Å². The summed E-state index contributed by atoms with van der Waals surface area (Å²) in [7, 11) is -3.73. The van der Waals surface area contributed by atoms with Gasteiger partial charge in [-0.25, -0.2) is 13.1 Å². The molecule has 0 amide bonds. The number of nitrogens with one attached hydrogen (secondary N) is 2. The lowest BCUT2D eigenvalue weighted by atomic mass is 10.1. The summed E-state index contributed by atoms with van der Waals surface area (Å²) < 4.78 is 27.3. The number of hydrogen-bond acceptors (Lipinski definition) is 5. The van der Waals surface area contributed by atoms with Crippen LogP contribution >= 0.6 is 0 Å². The van der Waals surface area contributed by atoms with Crippen LogP contribution < -0.4 is 10.0 Å². The van der Waals surface area contributed by atoms with Crippen LogP contribution in [0.25, 0.3) is 0 Å². The highest BCUT2D eigenvalue weighted by Gasteiger charge is 2.23. The Morgan fingerprint density at radius 2 is 2.10 bits per heavy atom. The van der Waals surface area contributed by atoms with Crippen LogP contribution in [-0.2, 0) is 10.0 Å². The van der Waals surface area contributed by atoms with E-state index in [0.717, 1.165) is 32.0 Å². The summed E-state index contributed by atoms with van der Waals surface area (Å²) in [4.78, 5) is 10.3. The first-order chi connectivity index (χ1) is 9.90. The third-order valence-electron chi connectivity index (χ3n) is 3.59. The van der Waals surface area contributed by atoms with Crippen molar-refractivity contribution in [3.63, 3.8) is 0 Å². The van der Waals surface area contributed by atoms with Crippen LogP contribution in [0.15, 0.2) is 23.1 Å². The van der Waals surface area contributed by atoms with Crippen molar-refractivity contribution in [1.29, 1.82) is 0 Å². The lowest BCUT2D eigenvalue weighted by Gasteiger charge is -2.16. The molecule has 1 unspecified atom stereocenters. The van der Waals surface area contributed by atoms with Gasteiger partial charge in [-0.3, -0.25) is 10.1 Å². The number of nitro benzene ring substituents is 1. The number of rotatable bonds is 4. The quantitative estimate of drug-likeness (QED) is 0.645. The molecule has 0 spiro atoms. The molecule has 2 rings (SSSR count). The van der Waals surface area contributed by atoms with Gasteiger partial charge in [0.05, 0.1) is 9.82 Å². The van der Waals surface area contributed by atoms with E-state index in [1.807, 2.05) is 0 Å². The largest absolute Gasteiger partial charge is 0.317 e. The Hall–Kier alpha value is -1.51. The monoisotopic (exact) mass is 313 g/mol. The minimum atomic E-state index is -3.73. The molecule has 0 bridgehead atoms. The fraction of sp³-hybridized carbons (Fsp3) is 0.538. The van der Waals surface area contributed by atoms with Gasteiger partial charge in [-0.15, -0.1) is 0 Å². The van der Waals surface area contributed by atoms with Crippen molar-refractivity contribution in [2.45, 2.75) is 37.1 Å². The van der Waals surface area contributed by atoms with Gasteiger partial charge in [0.1, 0.15) is 0 Å². The summed E-state index contributed by atoms with van der Waals surface area (Å²) in [6, 6.07) is 3.85. The average Bonchev–Trinajstić information content (AvgIpc) is 2.66. The molecule has 0 saturated carbocycles. The molecule has 116 valence electrons. The number of nitrogens with zero attached hydrogens (tertiary/aromatic N) is 1. The lowest BCUT2D eigenvalue weighted by molar-refractivity contribution is -0.385. The second kappa shape index (κ2) is 6.50. The van der Waals surface area contributed by atoms with E-state index in [4.69, 9.17) is 0 Å². The number of aryl methyl sites for hydroxylation is 1. The maximum Gasteiger partial charge on any atom is 0.273 e. The molecule has 1 aliphatic heterocycles. The fourth-order valence-corrected chi connectivity index (χ4v) is 3.70. The molecule has 1 aromatic carbocycles. The molecule has 8 heteroatoms. The van der Waals surface area contributed by atoms with E-state index in [1.54, 1.807) is 6.92 Å². The van der Waals surface area contributed by atoms with Crippen molar-refractivity contribution >= 4 is 15.7 Å². The Morgan fingerprint density at radius 1 is 1.33 bits per heavy atom. The Balaban J connectivity index is 2.22. The maximum absolute atomic E-state index is 12.3. The highest BCUT2D eigenvalue weighted by molar-refractivity contribution is 7.89. The summed E-state index contributed by atoms with van der Waals surface area (Å²) in [5, 5.41) is 14.1. The van der Waals surface area contributed by atoms with Crippen LogP contribution in [0.2, 0.25) is 0 Å². The summed E-state index contributed by atoms with van der Waals surface area (Å²) in [6.07, 6.45) is 2.38. The van der Waals surface area contributed by atoms with Gasteiger partial charge < -0.3 is 5.32 Å². The number of nitro groups is 1. The minimum Gasteiger partial charge on any atom is -0.317 e. The molecule has 0 aliphatic carbocycles. The Kier molecular flexibility index (Phi) is 4.92. The fourth-order valence-electron chi connectivity index (χ4n) is 2.38. The van der Waals surface area contributed by atoms with Crippen LogP contribution in [0, 0.1) is 17.0 Å². The van der Waals surface area contributed by atoms with Gasteiger partial charge in [0, 0.05) is 17.7 Å². The molecule has 0 aromatic heterocycles. The van der Waals surface area contributed by atoms with Crippen LogP contribution in [0.5, 0.6) is 0 Å². The van der Waals surface area contributed by atoms with Crippen molar-refractivity contribution in [2.24, 2.45) is 0 Å². The first-order valence-corrected chi connectivity index (χ1v) is 8.36.